The Kier molecular flexibility index (Phi) is 7.61. The third-order valence-electron chi connectivity index (χ3n) is 6.73. The lowest BCUT2D eigenvalue weighted by Gasteiger charge is -2.28. The van der Waals surface area contributed by atoms with Gasteiger partial charge in [0.2, 0.25) is 0 Å². The van der Waals surface area contributed by atoms with Crippen LogP contribution >= 0.6 is 22.9 Å². The summed E-state index contributed by atoms with van der Waals surface area (Å²) in [7, 11) is 0. The molecule has 2 aromatic heterocycles. The van der Waals surface area contributed by atoms with Gasteiger partial charge in [-0.1, -0.05) is 35.9 Å². The number of halogens is 2. The van der Waals surface area contributed by atoms with E-state index in [1.165, 1.54) is 17.4 Å². The lowest BCUT2D eigenvalue weighted by atomic mass is 9.96. The Bertz CT molecular complexity index is 1500. The van der Waals surface area contributed by atoms with E-state index in [4.69, 9.17) is 21.1 Å². The fourth-order valence-electron chi connectivity index (χ4n) is 4.72. The van der Waals surface area contributed by atoms with Crippen molar-refractivity contribution in [1.82, 2.24) is 9.71 Å². The van der Waals surface area contributed by atoms with Crippen molar-refractivity contribution in [1.29, 1.82) is 0 Å². The Morgan fingerprint density at radius 1 is 1.13 bits per heavy atom. The average Bonchev–Trinajstić information content (AvgIpc) is 3.43. The first kappa shape index (κ1) is 28.5. The zero-order valence-electron chi connectivity index (χ0n) is 22.8. The number of rotatable bonds is 6. The predicted octanol–water partition coefficient (Wildman–Crippen LogP) is 7.90. The van der Waals surface area contributed by atoms with Crippen LogP contribution in [-0.2, 0) is 26.4 Å². The largest absolute Gasteiger partial charge is 0.598 e. The molecule has 4 aromatic rings. The minimum atomic E-state index is -1.47. The molecule has 206 valence electrons. The summed E-state index contributed by atoms with van der Waals surface area (Å²) in [6.07, 6.45) is 1.79. The molecule has 1 saturated heterocycles. The Labute approximate surface area is 241 Å². The van der Waals surface area contributed by atoms with Gasteiger partial charge in [0.25, 0.3) is 0 Å². The molecule has 5 rings (SSSR count). The molecule has 0 saturated carbocycles. The molecule has 0 amide bonds. The van der Waals surface area contributed by atoms with Crippen molar-refractivity contribution in [2.75, 3.05) is 6.61 Å². The molecule has 0 radical (unpaired) electrons. The average molecular weight is 587 g/mol. The van der Waals surface area contributed by atoms with Gasteiger partial charge in [0, 0.05) is 43.3 Å². The van der Waals surface area contributed by atoms with E-state index < -0.39 is 39.4 Å². The molecule has 1 N–H and O–H groups in total. The summed E-state index contributed by atoms with van der Waals surface area (Å²) in [5.41, 5.74) is 2.41. The van der Waals surface area contributed by atoms with Crippen LogP contribution in [0.1, 0.15) is 63.6 Å². The standard InChI is InChI=1S/C30H32ClFN2O3S2/c1-28(2,3)39(35)34-26(25-21(31)11-8-12-22(25)32)24-15-18-9-7-10-20(27(18)38-24)23-16-19(13-14-33-23)30(6)17-36-29(4,5)37-30/h7-16,26,34H,17H2,1-6H3/t26?,30?,39-/m0/s1. The number of nitrogens with zero attached hydrogens (tertiary/aromatic N) is 1. The molecule has 1 fully saturated rings. The number of hydrogen-bond acceptors (Lipinski definition) is 6. The molecule has 9 heteroatoms. The Morgan fingerprint density at radius 3 is 2.54 bits per heavy atom. The van der Waals surface area contributed by atoms with Crippen molar-refractivity contribution in [3.8, 4) is 11.3 Å². The van der Waals surface area contributed by atoms with Crippen LogP contribution < -0.4 is 4.72 Å². The maximum absolute atomic E-state index is 15.2. The summed E-state index contributed by atoms with van der Waals surface area (Å²) in [6, 6.07) is 15.9. The number of aromatic nitrogens is 1. The summed E-state index contributed by atoms with van der Waals surface area (Å²) in [5.74, 6) is -1.11. The van der Waals surface area contributed by atoms with Gasteiger partial charge in [-0.25, -0.2) is 4.39 Å². The van der Waals surface area contributed by atoms with E-state index in [9.17, 15) is 4.55 Å². The second-order valence-corrected chi connectivity index (χ2v) is 14.9. The molecular weight excluding hydrogens is 555 g/mol. The Hall–Kier alpha value is -2.04. The summed E-state index contributed by atoms with van der Waals surface area (Å²) in [4.78, 5) is 5.49. The van der Waals surface area contributed by atoms with Crippen molar-refractivity contribution in [3.63, 3.8) is 0 Å². The highest BCUT2D eigenvalue weighted by Crippen LogP contribution is 2.43. The van der Waals surface area contributed by atoms with Crippen molar-refractivity contribution < 1.29 is 18.4 Å². The van der Waals surface area contributed by atoms with Gasteiger partial charge in [0.05, 0.1) is 12.3 Å². The van der Waals surface area contributed by atoms with E-state index in [2.05, 4.69) is 9.71 Å². The van der Waals surface area contributed by atoms with E-state index in [-0.39, 0.29) is 10.6 Å². The minimum absolute atomic E-state index is 0.277. The maximum atomic E-state index is 15.2. The van der Waals surface area contributed by atoms with Crippen LogP contribution in [0.25, 0.3) is 21.3 Å². The van der Waals surface area contributed by atoms with Gasteiger partial charge in [0.15, 0.2) is 5.79 Å². The number of fused-ring (bicyclic) bond motifs is 1. The van der Waals surface area contributed by atoms with Gasteiger partial charge < -0.3 is 14.0 Å². The smallest absolute Gasteiger partial charge is 0.164 e. The van der Waals surface area contributed by atoms with E-state index >= 15 is 4.39 Å². The lowest BCUT2D eigenvalue weighted by molar-refractivity contribution is -0.159. The third-order valence-corrected chi connectivity index (χ3v) is 9.87. The number of pyridine rings is 1. The number of hydrogen-bond donors (Lipinski definition) is 1. The molecule has 1 aliphatic rings. The molecule has 0 bridgehead atoms. The molecule has 0 aliphatic carbocycles. The summed E-state index contributed by atoms with van der Waals surface area (Å²) >= 11 is 6.54. The zero-order chi connectivity index (χ0) is 28.2. The van der Waals surface area contributed by atoms with Crippen molar-refractivity contribution in [2.45, 2.75) is 63.7 Å². The van der Waals surface area contributed by atoms with Gasteiger partial charge in [-0.05, 0) is 82.8 Å². The highest BCUT2D eigenvalue weighted by Gasteiger charge is 2.43. The number of ether oxygens (including phenoxy) is 2. The number of thiophene rings is 1. The summed E-state index contributed by atoms with van der Waals surface area (Å²) in [5, 5.41) is 1.26. The van der Waals surface area contributed by atoms with Crippen LogP contribution in [0.5, 0.6) is 0 Å². The zero-order valence-corrected chi connectivity index (χ0v) is 25.2. The quantitative estimate of drug-likeness (QED) is 0.233. The van der Waals surface area contributed by atoms with E-state index in [1.807, 2.05) is 77.9 Å². The summed E-state index contributed by atoms with van der Waals surface area (Å²) < 4.78 is 44.1. The first-order valence-electron chi connectivity index (χ1n) is 12.7. The number of nitrogens with one attached hydrogen (secondary N) is 1. The van der Waals surface area contributed by atoms with Gasteiger partial charge in [-0.15, -0.1) is 16.1 Å². The summed E-state index contributed by atoms with van der Waals surface area (Å²) in [6.45, 7) is 11.9. The fraction of sp³-hybridized carbons (Fsp3) is 0.367. The van der Waals surface area contributed by atoms with Crippen LogP contribution in [-0.4, -0.2) is 26.7 Å². The molecule has 3 atom stereocenters. The first-order chi connectivity index (χ1) is 18.3. The highest BCUT2D eigenvalue weighted by molar-refractivity contribution is 7.90. The van der Waals surface area contributed by atoms with Crippen LogP contribution in [0.2, 0.25) is 5.02 Å². The Balaban J connectivity index is 1.60. The van der Waals surface area contributed by atoms with Crippen molar-refractivity contribution >= 4 is 44.4 Å². The lowest BCUT2D eigenvalue weighted by Crippen LogP contribution is -2.41. The molecule has 39 heavy (non-hydrogen) atoms. The van der Waals surface area contributed by atoms with Gasteiger partial charge in [-0.2, -0.15) is 0 Å². The minimum Gasteiger partial charge on any atom is -0.598 e. The van der Waals surface area contributed by atoms with Gasteiger partial charge in [0.1, 0.15) is 22.2 Å². The Morgan fingerprint density at radius 2 is 1.87 bits per heavy atom. The van der Waals surface area contributed by atoms with Crippen LogP contribution in [0.4, 0.5) is 4.39 Å². The molecule has 2 unspecified atom stereocenters. The molecule has 0 spiro atoms. The third kappa shape index (κ3) is 5.75. The second kappa shape index (κ2) is 10.4. The molecule has 5 nitrogen and oxygen atoms in total. The van der Waals surface area contributed by atoms with Crippen LogP contribution in [0.3, 0.4) is 0 Å². The molecular formula is C30H32ClFN2O3S2. The van der Waals surface area contributed by atoms with E-state index in [0.717, 1.165) is 31.8 Å². The predicted molar refractivity (Wildman–Crippen MR) is 158 cm³/mol. The number of benzene rings is 2. The van der Waals surface area contributed by atoms with Crippen molar-refractivity contribution in [3.05, 3.63) is 87.6 Å². The topological polar surface area (TPSA) is 66.4 Å². The SMILES string of the molecule is CC1(C)OCC(C)(c2ccnc(-c3cccc4cc(C(N[S@@+]([O-])C(C)(C)C)c5c(F)cccc5Cl)sc34)c2)O1. The molecule has 1 aliphatic heterocycles. The fourth-order valence-corrected chi connectivity index (χ4v) is 7.12. The first-order valence-corrected chi connectivity index (χ1v) is 15.1. The second-order valence-electron chi connectivity index (χ2n) is 11.4. The highest BCUT2D eigenvalue weighted by atomic mass is 35.5. The molecule has 3 heterocycles. The van der Waals surface area contributed by atoms with Crippen LogP contribution in [0, 0.1) is 5.82 Å². The van der Waals surface area contributed by atoms with E-state index in [1.54, 1.807) is 18.3 Å². The normalized spacial score (nSPS) is 20.8. The van der Waals surface area contributed by atoms with Gasteiger partial charge in [-0.3, -0.25) is 4.98 Å². The molecule has 2 aromatic carbocycles. The maximum Gasteiger partial charge on any atom is 0.164 e. The monoisotopic (exact) mass is 586 g/mol. The van der Waals surface area contributed by atoms with Gasteiger partial charge >= 0.3 is 0 Å². The van der Waals surface area contributed by atoms with E-state index in [0.29, 0.717) is 6.61 Å². The van der Waals surface area contributed by atoms with Crippen LogP contribution in [0.15, 0.2) is 60.8 Å². The van der Waals surface area contributed by atoms with Crippen molar-refractivity contribution in [2.24, 2.45) is 0 Å².